The predicted molar refractivity (Wildman–Crippen MR) is 45.7 cm³/mol. The lowest BCUT2D eigenvalue weighted by Crippen LogP contribution is -2.22. The lowest BCUT2D eigenvalue weighted by molar-refractivity contribution is 0.476. The third-order valence-electron chi connectivity index (χ3n) is 1.63. The fraction of sp³-hybridized carbons (Fsp3) is 0.333. The zero-order chi connectivity index (χ0) is 8.32. The van der Waals surface area contributed by atoms with Crippen LogP contribution in [0.4, 0.5) is 0 Å². The molecule has 0 aliphatic rings. The van der Waals surface area contributed by atoms with E-state index in [-0.39, 0.29) is 5.54 Å². The van der Waals surface area contributed by atoms with Crippen molar-refractivity contribution in [1.82, 2.24) is 4.57 Å². The second kappa shape index (κ2) is 2.71. The van der Waals surface area contributed by atoms with Crippen molar-refractivity contribution in [3.63, 3.8) is 0 Å². The van der Waals surface area contributed by atoms with Crippen molar-refractivity contribution < 1.29 is 0 Å². The van der Waals surface area contributed by atoms with E-state index in [1.54, 1.807) is 0 Å². The molecule has 0 aliphatic heterocycles. The summed E-state index contributed by atoms with van der Waals surface area (Å²) in [5.74, 6) is 2.92. The van der Waals surface area contributed by atoms with E-state index in [9.17, 15) is 0 Å². The topological polar surface area (TPSA) is 30.9 Å². The molecule has 1 heterocycles. The van der Waals surface area contributed by atoms with Crippen LogP contribution >= 0.6 is 0 Å². The molecule has 0 saturated carbocycles. The summed E-state index contributed by atoms with van der Waals surface area (Å²) in [5, 5.41) is 0. The van der Waals surface area contributed by atoms with Crippen LogP contribution in [0.5, 0.6) is 0 Å². The van der Waals surface area contributed by atoms with Gasteiger partial charge in [0.25, 0.3) is 0 Å². The summed E-state index contributed by atoms with van der Waals surface area (Å²) >= 11 is 0. The fourth-order valence-electron chi connectivity index (χ4n) is 0.948. The summed E-state index contributed by atoms with van der Waals surface area (Å²) in [7, 11) is 0. The van der Waals surface area contributed by atoms with Gasteiger partial charge in [0.2, 0.25) is 0 Å². The molecule has 0 unspecified atom stereocenters. The van der Waals surface area contributed by atoms with Crippen LogP contribution in [-0.2, 0) is 5.54 Å². The first-order valence-corrected chi connectivity index (χ1v) is 3.53. The van der Waals surface area contributed by atoms with Crippen molar-refractivity contribution in [2.45, 2.75) is 19.4 Å². The van der Waals surface area contributed by atoms with Crippen LogP contribution < -0.4 is 5.73 Å². The van der Waals surface area contributed by atoms with E-state index in [1.807, 2.05) is 42.9 Å². The Balaban J connectivity index is 2.96. The van der Waals surface area contributed by atoms with Gasteiger partial charge in [-0.1, -0.05) is 5.92 Å². The number of nitrogens with zero attached hydrogens (tertiary/aromatic N) is 1. The Hall–Kier alpha value is -1.36. The summed E-state index contributed by atoms with van der Waals surface area (Å²) in [4.78, 5) is 0. The number of aromatic nitrogens is 1. The molecule has 1 aromatic rings. The van der Waals surface area contributed by atoms with Crippen LogP contribution in [0.1, 0.15) is 13.8 Å². The molecule has 0 aromatic carbocycles. The van der Waals surface area contributed by atoms with Crippen molar-refractivity contribution in [3.05, 3.63) is 24.5 Å². The van der Waals surface area contributed by atoms with E-state index in [0.717, 1.165) is 0 Å². The molecule has 1 rings (SSSR count). The van der Waals surface area contributed by atoms with Crippen molar-refractivity contribution >= 4 is 0 Å². The maximum absolute atomic E-state index is 5.15. The van der Waals surface area contributed by atoms with Crippen molar-refractivity contribution in [2.75, 3.05) is 0 Å². The van der Waals surface area contributed by atoms with E-state index in [4.69, 9.17) is 5.73 Å². The summed E-state index contributed by atoms with van der Waals surface area (Å²) in [6, 6.07) is 6.37. The number of nitrogens with two attached hydrogens (primary N) is 1. The van der Waals surface area contributed by atoms with Gasteiger partial charge in [-0.15, -0.1) is 0 Å². The second-order valence-electron chi connectivity index (χ2n) is 2.92. The largest absolute Gasteiger partial charge is 0.359 e. The Bertz CT molecular complexity index is 272. The molecule has 0 amide bonds. The van der Waals surface area contributed by atoms with Crippen LogP contribution in [0.25, 0.3) is 0 Å². The van der Waals surface area contributed by atoms with Gasteiger partial charge in [-0.05, 0) is 26.0 Å². The zero-order valence-electron chi connectivity index (χ0n) is 6.83. The summed E-state index contributed by atoms with van der Waals surface area (Å²) in [6.07, 6.45) is 3.95. The minimum absolute atomic E-state index is 0.196. The molecule has 1 aromatic heterocycles. The highest BCUT2D eigenvalue weighted by Crippen LogP contribution is 2.12. The van der Waals surface area contributed by atoms with Crippen molar-refractivity contribution in [2.24, 2.45) is 5.73 Å². The van der Waals surface area contributed by atoms with Crippen LogP contribution in [0.2, 0.25) is 0 Å². The molecule has 11 heavy (non-hydrogen) atoms. The van der Waals surface area contributed by atoms with Crippen LogP contribution in [0.3, 0.4) is 0 Å². The normalized spacial score (nSPS) is 10.4. The van der Waals surface area contributed by atoms with Crippen molar-refractivity contribution in [1.29, 1.82) is 0 Å². The number of rotatable bonds is 1. The first-order valence-electron chi connectivity index (χ1n) is 3.53. The van der Waals surface area contributed by atoms with Crippen molar-refractivity contribution in [3.8, 4) is 12.0 Å². The molecular weight excluding hydrogens is 136 g/mol. The molecule has 0 saturated heterocycles. The predicted octanol–water partition coefficient (Wildman–Crippen LogP) is 1.14. The SMILES string of the molecule is CC(C)(C#CN)n1cccc1. The van der Waals surface area contributed by atoms with E-state index >= 15 is 0 Å². The van der Waals surface area contributed by atoms with Gasteiger partial charge in [0.1, 0.15) is 5.54 Å². The Morgan fingerprint density at radius 3 is 2.27 bits per heavy atom. The molecule has 0 atom stereocenters. The summed E-state index contributed by atoms with van der Waals surface area (Å²) in [6.45, 7) is 4.04. The smallest absolute Gasteiger partial charge is 0.101 e. The molecule has 58 valence electrons. The second-order valence-corrected chi connectivity index (χ2v) is 2.92. The Labute approximate surface area is 67.0 Å². The van der Waals surface area contributed by atoms with Gasteiger partial charge in [-0.25, -0.2) is 0 Å². The third kappa shape index (κ3) is 1.56. The molecule has 0 bridgehead atoms. The number of hydrogen-bond acceptors (Lipinski definition) is 1. The van der Waals surface area contributed by atoms with Gasteiger partial charge in [0, 0.05) is 18.4 Å². The summed E-state index contributed by atoms with van der Waals surface area (Å²) in [5.41, 5.74) is 4.95. The first-order chi connectivity index (χ1) is 5.17. The maximum Gasteiger partial charge on any atom is 0.101 e. The molecule has 0 fully saturated rings. The first kappa shape index (κ1) is 7.74. The molecule has 0 aliphatic carbocycles. The van der Waals surface area contributed by atoms with Gasteiger partial charge < -0.3 is 10.3 Å². The summed E-state index contributed by atoms with van der Waals surface area (Å²) < 4.78 is 2.02. The molecule has 2 nitrogen and oxygen atoms in total. The monoisotopic (exact) mass is 148 g/mol. The minimum Gasteiger partial charge on any atom is -0.359 e. The molecular formula is C9H12N2. The van der Waals surface area contributed by atoms with Gasteiger partial charge in [0.15, 0.2) is 0 Å². The average Bonchev–Trinajstić information content (AvgIpc) is 2.37. The lowest BCUT2D eigenvalue weighted by atomic mass is 10.1. The Morgan fingerprint density at radius 1 is 1.27 bits per heavy atom. The Kier molecular flexibility index (Phi) is 1.91. The maximum atomic E-state index is 5.15. The van der Waals surface area contributed by atoms with E-state index < -0.39 is 0 Å². The lowest BCUT2D eigenvalue weighted by Gasteiger charge is -2.19. The van der Waals surface area contributed by atoms with E-state index in [2.05, 4.69) is 12.0 Å². The van der Waals surface area contributed by atoms with Gasteiger partial charge in [0.05, 0.1) is 0 Å². The molecule has 2 N–H and O–H groups in total. The highest BCUT2D eigenvalue weighted by Gasteiger charge is 2.14. The number of hydrogen-bond donors (Lipinski definition) is 1. The highest BCUT2D eigenvalue weighted by atomic mass is 15.0. The van der Waals surface area contributed by atoms with Crippen LogP contribution in [0.15, 0.2) is 24.5 Å². The molecule has 0 spiro atoms. The van der Waals surface area contributed by atoms with Gasteiger partial charge >= 0.3 is 0 Å². The fourth-order valence-corrected chi connectivity index (χ4v) is 0.948. The van der Waals surface area contributed by atoms with Gasteiger partial charge in [-0.3, -0.25) is 0 Å². The average molecular weight is 148 g/mol. The van der Waals surface area contributed by atoms with Crippen LogP contribution in [-0.4, -0.2) is 4.57 Å². The van der Waals surface area contributed by atoms with Gasteiger partial charge in [-0.2, -0.15) is 0 Å². The molecule has 2 heteroatoms. The minimum atomic E-state index is -0.196. The Morgan fingerprint density at radius 2 is 1.82 bits per heavy atom. The van der Waals surface area contributed by atoms with Crippen LogP contribution in [0, 0.1) is 12.0 Å². The zero-order valence-corrected chi connectivity index (χ0v) is 6.83. The quantitative estimate of drug-likeness (QED) is 0.470. The third-order valence-corrected chi connectivity index (χ3v) is 1.63. The highest BCUT2D eigenvalue weighted by molar-refractivity contribution is 5.12. The van der Waals surface area contributed by atoms with E-state index in [0.29, 0.717) is 0 Å². The molecule has 0 radical (unpaired) electrons. The van der Waals surface area contributed by atoms with E-state index in [1.165, 1.54) is 0 Å². The standard InChI is InChI=1S/C9H12N2/c1-9(2,5-6-10)11-7-3-4-8-11/h3-4,7-8H,10H2,1-2H3.